The van der Waals surface area contributed by atoms with Crippen LogP contribution in [0.2, 0.25) is 0 Å². The van der Waals surface area contributed by atoms with Crippen LogP contribution in [-0.4, -0.2) is 30.2 Å². The van der Waals surface area contributed by atoms with Crippen LogP contribution in [0.3, 0.4) is 0 Å². The SMILES string of the molecule is O=C(Nc1ccccc1C(F)(F)F)c1cccnc1OC1CCOC1. The Labute approximate surface area is 141 Å². The third-order valence-corrected chi connectivity index (χ3v) is 3.66. The Morgan fingerprint density at radius 1 is 1.24 bits per heavy atom. The third kappa shape index (κ3) is 4.08. The van der Waals surface area contributed by atoms with Crippen molar-refractivity contribution in [1.29, 1.82) is 0 Å². The minimum absolute atomic E-state index is 0.0615. The summed E-state index contributed by atoms with van der Waals surface area (Å²) in [6.45, 7) is 0.937. The zero-order valence-electron chi connectivity index (χ0n) is 13.0. The number of aromatic nitrogens is 1. The molecule has 1 aromatic heterocycles. The van der Waals surface area contributed by atoms with Crippen LogP contribution in [0.5, 0.6) is 5.88 Å². The fourth-order valence-corrected chi connectivity index (χ4v) is 2.45. The standard InChI is InChI=1S/C17H15F3N2O3/c18-17(19,20)13-5-1-2-6-14(13)22-15(23)12-4-3-8-21-16(12)25-11-7-9-24-10-11/h1-6,8,11H,7,9-10H2,(H,22,23). The highest BCUT2D eigenvalue weighted by atomic mass is 19.4. The number of amides is 1. The molecule has 1 fully saturated rings. The van der Waals surface area contributed by atoms with Crippen LogP contribution in [0.25, 0.3) is 0 Å². The van der Waals surface area contributed by atoms with Crippen molar-refractivity contribution in [3.8, 4) is 5.88 Å². The number of anilines is 1. The number of nitrogens with zero attached hydrogens (tertiary/aromatic N) is 1. The van der Waals surface area contributed by atoms with Gasteiger partial charge in [-0.1, -0.05) is 12.1 Å². The van der Waals surface area contributed by atoms with Crippen molar-refractivity contribution in [2.75, 3.05) is 18.5 Å². The van der Waals surface area contributed by atoms with Gasteiger partial charge >= 0.3 is 6.18 Å². The van der Waals surface area contributed by atoms with Crippen molar-refractivity contribution in [3.63, 3.8) is 0 Å². The van der Waals surface area contributed by atoms with E-state index >= 15 is 0 Å². The second kappa shape index (κ2) is 7.10. The van der Waals surface area contributed by atoms with Crippen LogP contribution in [0, 0.1) is 0 Å². The first-order chi connectivity index (χ1) is 11.9. The molecule has 0 radical (unpaired) electrons. The molecule has 0 bridgehead atoms. The molecule has 1 saturated heterocycles. The number of alkyl halides is 3. The van der Waals surface area contributed by atoms with Crippen LogP contribution in [-0.2, 0) is 10.9 Å². The highest BCUT2D eigenvalue weighted by Gasteiger charge is 2.34. The molecular weight excluding hydrogens is 337 g/mol. The van der Waals surface area contributed by atoms with Crippen LogP contribution in [0.4, 0.5) is 18.9 Å². The summed E-state index contributed by atoms with van der Waals surface area (Å²) in [4.78, 5) is 16.5. The summed E-state index contributed by atoms with van der Waals surface area (Å²) in [5.74, 6) is -0.654. The Balaban J connectivity index is 1.83. The summed E-state index contributed by atoms with van der Waals surface area (Å²) in [6, 6.07) is 7.75. The Hall–Kier alpha value is -2.61. The van der Waals surface area contributed by atoms with Gasteiger partial charge in [-0.15, -0.1) is 0 Å². The molecule has 1 N–H and O–H groups in total. The minimum atomic E-state index is -4.57. The largest absolute Gasteiger partial charge is 0.471 e. The predicted octanol–water partition coefficient (Wildman–Crippen LogP) is 3.52. The Bertz CT molecular complexity index is 759. The predicted molar refractivity (Wildman–Crippen MR) is 83.5 cm³/mol. The van der Waals surface area contributed by atoms with Crippen molar-refractivity contribution in [1.82, 2.24) is 4.98 Å². The number of pyridine rings is 1. The lowest BCUT2D eigenvalue weighted by Gasteiger charge is -2.16. The summed E-state index contributed by atoms with van der Waals surface area (Å²) in [7, 11) is 0. The molecule has 0 aliphatic carbocycles. The number of hydrogen-bond donors (Lipinski definition) is 1. The summed E-state index contributed by atoms with van der Waals surface area (Å²) in [5.41, 5.74) is -1.18. The van der Waals surface area contributed by atoms with Gasteiger partial charge in [-0.05, 0) is 24.3 Å². The molecule has 1 unspecified atom stereocenters. The second-order valence-electron chi connectivity index (χ2n) is 5.46. The van der Waals surface area contributed by atoms with Gasteiger partial charge in [0.1, 0.15) is 11.7 Å². The highest BCUT2D eigenvalue weighted by molar-refractivity contribution is 6.06. The monoisotopic (exact) mass is 352 g/mol. The number of carbonyl (C=O) groups is 1. The molecule has 1 atom stereocenters. The Morgan fingerprint density at radius 3 is 2.76 bits per heavy atom. The lowest BCUT2D eigenvalue weighted by atomic mass is 10.1. The van der Waals surface area contributed by atoms with Crippen molar-refractivity contribution in [2.45, 2.75) is 18.7 Å². The van der Waals surface area contributed by atoms with Gasteiger partial charge in [0, 0.05) is 12.6 Å². The fourth-order valence-electron chi connectivity index (χ4n) is 2.45. The molecule has 1 aliphatic heterocycles. The lowest BCUT2D eigenvalue weighted by molar-refractivity contribution is -0.136. The van der Waals surface area contributed by atoms with Crippen LogP contribution in [0.1, 0.15) is 22.3 Å². The highest BCUT2D eigenvalue weighted by Crippen LogP contribution is 2.35. The van der Waals surface area contributed by atoms with Crippen molar-refractivity contribution >= 4 is 11.6 Å². The number of nitrogens with one attached hydrogen (secondary N) is 1. The molecule has 1 aromatic carbocycles. The quantitative estimate of drug-likeness (QED) is 0.915. The van der Waals surface area contributed by atoms with Gasteiger partial charge in [0.15, 0.2) is 0 Å². The topological polar surface area (TPSA) is 60.5 Å². The molecule has 2 aromatic rings. The summed E-state index contributed by atoms with van der Waals surface area (Å²) in [5, 5.41) is 2.29. The molecule has 2 heterocycles. The Morgan fingerprint density at radius 2 is 2.04 bits per heavy atom. The van der Waals surface area contributed by atoms with Gasteiger partial charge in [-0.2, -0.15) is 13.2 Å². The maximum absolute atomic E-state index is 13.0. The first kappa shape index (κ1) is 17.2. The maximum Gasteiger partial charge on any atom is 0.418 e. The van der Waals surface area contributed by atoms with Crippen LogP contribution < -0.4 is 10.1 Å². The molecule has 132 valence electrons. The van der Waals surface area contributed by atoms with Gasteiger partial charge in [0.05, 0.1) is 24.5 Å². The van der Waals surface area contributed by atoms with E-state index in [9.17, 15) is 18.0 Å². The molecule has 25 heavy (non-hydrogen) atoms. The number of carbonyl (C=O) groups excluding carboxylic acids is 1. The maximum atomic E-state index is 13.0. The van der Waals surface area contributed by atoms with Crippen LogP contribution >= 0.6 is 0 Å². The molecule has 0 spiro atoms. The summed E-state index contributed by atoms with van der Waals surface area (Å²) < 4.78 is 50.0. The normalized spacial score (nSPS) is 17.3. The van der Waals surface area contributed by atoms with E-state index in [2.05, 4.69) is 10.3 Å². The van der Waals surface area contributed by atoms with E-state index < -0.39 is 17.6 Å². The lowest BCUT2D eigenvalue weighted by Crippen LogP contribution is -2.21. The molecule has 1 amide bonds. The van der Waals surface area contributed by atoms with E-state index in [1.807, 2.05) is 0 Å². The number of rotatable bonds is 4. The number of benzene rings is 1. The van der Waals surface area contributed by atoms with Gasteiger partial charge in [-0.25, -0.2) is 4.98 Å². The smallest absolute Gasteiger partial charge is 0.418 e. The van der Waals surface area contributed by atoms with Gasteiger partial charge in [0.25, 0.3) is 5.91 Å². The van der Waals surface area contributed by atoms with E-state index in [0.29, 0.717) is 19.6 Å². The zero-order valence-corrected chi connectivity index (χ0v) is 13.0. The van der Waals surface area contributed by atoms with E-state index in [-0.39, 0.29) is 23.2 Å². The number of ether oxygens (including phenoxy) is 2. The summed E-state index contributed by atoms with van der Waals surface area (Å²) >= 11 is 0. The first-order valence-electron chi connectivity index (χ1n) is 7.62. The van der Waals surface area contributed by atoms with Crippen molar-refractivity contribution in [2.24, 2.45) is 0 Å². The van der Waals surface area contributed by atoms with Crippen molar-refractivity contribution < 1.29 is 27.4 Å². The third-order valence-electron chi connectivity index (χ3n) is 3.66. The van der Waals surface area contributed by atoms with Gasteiger partial charge in [-0.3, -0.25) is 4.79 Å². The average Bonchev–Trinajstić information content (AvgIpc) is 3.08. The molecule has 8 heteroatoms. The van der Waals surface area contributed by atoms with E-state index in [1.54, 1.807) is 0 Å². The fraction of sp³-hybridized carbons (Fsp3) is 0.294. The zero-order chi connectivity index (χ0) is 17.9. The molecule has 3 rings (SSSR count). The van der Waals surface area contributed by atoms with E-state index in [1.165, 1.54) is 36.5 Å². The molecule has 5 nitrogen and oxygen atoms in total. The van der Waals surface area contributed by atoms with E-state index in [4.69, 9.17) is 9.47 Å². The number of halogens is 3. The molecule has 0 saturated carbocycles. The number of para-hydroxylation sites is 1. The molecule has 1 aliphatic rings. The second-order valence-corrected chi connectivity index (χ2v) is 5.46. The van der Waals surface area contributed by atoms with Crippen LogP contribution in [0.15, 0.2) is 42.6 Å². The van der Waals surface area contributed by atoms with Gasteiger partial charge < -0.3 is 14.8 Å². The molecular formula is C17H15F3N2O3. The summed E-state index contributed by atoms with van der Waals surface area (Å²) in [6.07, 6.45) is -2.69. The van der Waals surface area contributed by atoms with Crippen molar-refractivity contribution in [3.05, 3.63) is 53.7 Å². The van der Waals surface area contributed by atoms with Gasteiger partial charge in [0.2, 0.25) is 5.88 Å². The average molecular weight is 352 g/mol. The minimum Gasteiger partial charge on any atom is -0.471 e. The Kier molecular flexibility index (Phi) is 4.89. The van der Waals surface area contributed by atoms with E-state index in [0.717, 1.165) is 6.07 Å². The number of hydrogen-bond acceptors (Lipinski definition) is 4. The first-order valence-corrected chi connectivity index (χ1v) is 7.62.